The van der Waals surface area contributed by atoms with Crippen LogP contribution in [0.4, 0.5) is 0 Å². The zero-order chi connectivity index (χ0) is 15.8. The van der Waals surface area contributed by atoms with Crippen LogP contribution in [0.25, 0.3) is 0 Å². The molecule has 0 aliphatic rings. The van der Waals surface area contributed by atoms with Gasteiger partial charge in [-0.1, -0.05) is 32.0 Å². The number of likely N-dealkylation sites (N-methyl/N-ethyl adjacent to an activating group) is 1. The van der Waals surface area contributed by atoms with Gasteiger partial charge in [-0.2, -0.15) is 0 Å². The molecule has 0 saturated heterocycles. The first-order valence-electron chi connectivity index (χ1n) is 7.61. The van der Waals surface area contributed by atoms with E-state index < -0.39 is 9.73 Å². The fraction of sp³-hybridized carbons (Fsp3) is 0.353. The molecule has 118 valence electrons. The van der Waals surface area contributed by atoms with Gasteiger partial charge in [0.05, 0.1) is 16.3 Å². The monoisotopic (exact) mass is 317 g/mol. The standard InChI is InChI=1S/C17H23N3OS/c1-3-20(4-2)14-13-19-22(21,16-9-6-5-7-10-16)17-11-8-12-18-15-17/h5-12,15H,3-4,13-14H2,1-2H3. The third kappa shape index (κ3) is 3.93. The average molecular weight is 317 g/mol. The molecule has 1 aromatic carbocycles. The van der Waals surface area contributed by atoms with Crippen LogP contribution in [0.5, 0.6) is 0 Å². The minimum absolute atomic E-state index is 0.546. The van der Waals surface area contributed by atoms with Crippen molar-refractivity contribution in [3.8, 4) is 0 Å². The second-order valence-corrected chi connectivity index (χ2v) is 7.16. The van der Waals surface area contributed by atoms with Gasteiger partial charge in [0.1, 0.15) is 9.73 Å². The van der Waals surface area contributed by atoms with E-state index in [1.807, 2.05) is 36.4 Å². The molecule has 0 saturated carbocycles. The molecule has 0 aliphatic heterocycles. The van der Waals surface area contributed by atoms with Crippen molar-refractivity contribution >= 4 is 9.73 Å². The highest BCUT2D eigenvalue weighted by molar-refractivity contribution is 7.93. The molecule has 0 fully saturated rings. The Kier molecular flexibility index (Phi) is 6.10. The van der Waals surface area contributed by atoms with E-state index in [2.05, 4.69) is 28.1 Å². The van der Waals surface area contributed by atoms with Crippen LogP contribution in [0, 0.1) is 0 Å². The van der Waals surface area contributed by atoms with E-state index in [-0.39, 0.29) is 0 Å². The predicted octanol–water partition coefficient (Wildman–Crippen LogP) is 3.31. The Balaban J connectivity index is 2.37. The molecule has 1 aromatic heterocycles. The molecule has 0 amide bonds. The van der Waals surface area contributed by atoms with Crippen molar-refractivity contribution in [2.24, 2.45) is 4.36 Å². The Morgan fingerprint density at radius 3 is 2.32 bits per heavy atom. The van der Waals surface area contributed by atoms with Crippen LogP contribution >= 0.6 is 0 Å². The summed E-state index contributed by atoms with van der Waals surface area (Å²) in [6, 6.07) is 13.1. The maximum Gasteiger partial charge on any atom is 0.105 e. The molecule has 0 N–H and O–H groups in total. The number of hydrogen-bond donors (Lipinski definition) is 0. The van der Waals surface area contributed by atoms with Crippen molar-refractivity contribution in [2.45, 2.75) is 23.6 Å². The van der Waals surface area contributed by atoms with E-state index in [0.717, 1.165) is 24.5 Å². The number of rotatable bonds is 7. The first-order chi connectivity index (χ1) is 10.7. The molecule has 1 unspecified atom stereocenters. The van der Waals surface area contributed by atoms with E-state index >= 15 is 0 Å². The van der Waals surface area contributed by atoms with Gasteiger partial charge in [0.2, 0.25) is 0 Å². The highest BCUT2D eigenvalue weighted by atomic mass is 32.2. The molecule has 0 aliphatic carbocycles. The lowest BCUT2D eigenvalue weighted by Gasteiger charge is -2.17. The second kappa shape index (κ2) is 8.06. The Bertz CT molecular complexity index is 630. The Hall–Kier alpha value is -1.72. The SMILES string of the molecule is CCN(CC)CCN=S(=O)(c1ccccc1)c1cccnc1. The quantitative estimate of drug-likeness (QED) is 0.787. The summed E-state index contributed by atoms with van der Waals surface area (Å²) in [6.07, 6.45) is 3.33. The van der Waals surface area contributed by atoms with E-state index in [9.17, 15) is 4.21 Å². The highest BCUT2D eigenvalue weighted by Crippen LogP contribution is 2.22. The fourth-order valence-electron chi connectivity index (χ4n) is 2.25. The first kappa shape index (κ1) is 16.6. The number of benzene rings is 1. The summed E-state index contributed by atoms with van der Waals surface area (Å²) in [5.74, 6) is 0. The van der Waals surface area contributed by atoms with Gasteiger partial charge in [0.15, 0.2) is 0 Å². The van der Waals surface area contributed by atoms with Gasteiger partial charge < -0.3 is 4.90 Å². The maximum absolute atomic E-state index is 13.5. The summed E-state index contributed by atoms with van der Waals surface area (Å²) in [7, 11) is -2.62. The molecule has 0 bridgehead atoms. The normalized spacial score (nSPS) is 13.8. The van der Waals surface area contributed by atoms with Crippen LogP contribution in [0.3, 0.4) is 0 Å². The van der Waals surface area contributed by atoms with Crippen LogP contribution in [0.15, 0.2) is 69.0 Å². The topological polar surface area (TPSA) is 45.6 Å². The Morgan fingerprint density at radius 1 is 1.05 bits per heavy atom. The van der Waals surface area contributed by atoms with E-state index in [1.165, 1.54) is 0 Å². The molecule has 1 heterocycles. The largest absolute Gasteiger partial charge is 0.302 e. The van der Waals surface area contributed by atoms with E-state index in [1.54, 1.807) is 18.5 Å². The fourth-order valence-corrected chi connectivity index (χ4v) is 4.15. The first-order valence-corrected chi connectivity index (χ1v) is 9.12. The molecule has 0 spiro atoms. The summed E-state index contributed by atoms with van der Waals surface area (Å²) in [5.41, 5.74) is 0. The van der Waals surface area contributed by atoms with E-state index in [4.69, 9.17) is 0 Å². The van der Waals surface area contributed by atoms with Crippen molar-refractivity contribution in [1.82, 2.24) is 9.88 Å². The molecule has 2 rings (SSSR count). The molecule has 22 heavy (non-hydrogen) atoms. The maximum atomic E-state index is 13.5. The van der Waals surface area contributed by atoms with Crippen LogP contribution in [-0.2, 0) is 9.73 Å². The van der Waals surface area contributed by atoms with Crippen LogP contribution < -0.4 is 0 Å². The lowest BCUT2D eigenvalue weighted by molar-refractivity contribution is 0.313. The average Bonchev–Trinajstić information content (AvgIpc) is 2.60. The third-order valence-corrected chi connectivity index (χ3v) is 5.94. The third-order valence-electron chi connectivity index (χ3n) is 3.60. The number of hydrogen-bond acceptors (Lipinski definition) is 4. The van der Waals surface area contributed by atoms with Crippen LogP contribution in [0.2, 0.25) is 0 Å². The van der Waals surface area contributed by atoms with Crippen molar-refractivity contribution in [1.29, 1.82) is 0 Å². The van der Waals surface area contributed by atoms with Crippen molar-refractivity contribution in [3.63, 3.8) is 0 Å². The van der Waals surface area contributed by atoms with Crippen LogP contribution in [0.1, 0.15) is 13.8 Å². The van der Waals surface area contributed by atoms with Gasteiger partial charge in [-0.05, 0) is 37.4 Å². The number of aromatic nitrogens is 1. The Morgan fingerprint density at radius 2 is 1.73 bits per heavy atom. The molecule has 2 aromatic rings. The van der Waals surface area contributed by atoms with Gasteiger partial charge in [-0.3, -0.25) is 4.98 Å². The zero-order valence-corrected chi connectivity index (χ0v) is 14.0. The summed E-state index contributed by atoms with van der Waals surface area (Å²) < 4.78 is 18.1. The second-order valence-electron chi connectivity index (χ2n) is 4.91. The van der Waals surface area contributed by atoms with Gasteiger partial charge in [0, 0.05) is 18.9 Å². The zero-order valence-electron chi connectivity index (χ0n) is 13.2. The molecule has 5 heteroatoms. The molecular weight excluding hydrogens is 294 g/mol. The number of pyridine rings is 1. The van der Waals surface area contributed by atoms with Crippen molar-refractivity contribution < 1.29 is 4.21 Å². The lowest BCUT2D eigenvalue weighted by atomic mass is 10.4. The van der Waals surface area contributed by atoms with Gasteiger partial charge in [0.25, 0.3) is 0 Å². The summed E-state index contributed by atoms with van der Waals surface area (Å²) >= 11 is 0. The lowest BCUT2D eigenvalue weighted by Crippen LogP contribution is -2.26. The number of nitrogens with zero attached hydrogens (tertiary/aromatic N) is 3. The van der Waals surface area contributed by atoms with Gasteiger partial charge in [-0.15, -0.1) is 0 Å². The molecule has 1 atom stereocenters. The minimum Gasteiger partial charge on any atom is -0.302 e. The van der Waals surface area contributed by atoms with Crippen LogP contribution in [-0.4, -0.2) is 40.3 Å². The molecule has 4 nitrogen and oxygen atoms in total. The van der Waals surface area contributed by atoms with Crippen molar-refractivity contribution in [3.05, 3.63) is 54.9 Å². The van der Waals surface area contributed by atoms with Gasteiger partial charge in [-0.25, -0.2) is 8.57 Å². The highest BCUT2D eigenvalue weighted by Gasteiger charge is 2.15. The Labute approximate surface area is 133 Å². The smallest absolute Gasteiger partial charge is 0.105 e. The summed E-state index contributed by atoms with van der Waals surface area (Å²) in [5, 5.41) is 0. The molecular formula is C17H23N3OS. The van der Waals surface area contributed by atoms with Crippen molar-refractivity contribution in [2.75, 3.05) is 26.2 Å². The molecule has 0 radical (unpaired) electrons. The summed E-state index contributed by atoms with van der Waals surface area (Å²) in [4.78, 5) is 7.78. The van der Waals surface area contributed by atoms with Gasteiger partial charge >= 0.3 is 0 Å². The summed E-state index contributed by atoms with van der Waals surface area (Å²) in [6.45, 7) is 7.57. The predicted molar refractivity (Wildman–Crippen MR) is 90.4 cm³/mol. The van der Waals surface area contributed by atoms with E-state index in [0.29, 0.717) is 11.4 Å². The minimum atomic E-state index is -2.62.